The van der Waals surface area contributed by atoms with Crippen molar-refractivity contribution in [2.75, 3.05) is 7.11 Å². The normalized spacial score (nSPS) is 14.3. The van der Waals surface area contributed by atoms with Gasteiger partial charge < -0.3 is 13.7 Å². The quantitative estimate of drug-likeness (QED) is 0.249. The zero-order valence-corrected chi connectivity index (χ0v) is 18.3. The number of halogens is 3. The van der Waals surface area contributed by atoms with E-state index >= 15 is 0 Å². The summed E-state index contributed by atoms with van der Waals surface area (Å²) >= 11 is 0. The van der Waals surface area contributed by atoms with E-state index in [9.17, 15) is 31.2 Å². The van der Waals surface area contributed by atoms with Crippen LogP contribution in [0.25, 0.3) is 0 Å². The Kier molecular flexibility index (Phi) is 7.40. The lowest BCUT2D eigenvalue weighted by atomic mass is 9.89. The number of fused-ring (bicyclic) bond motifs is 1. The number of esters is 2. The monoisotopic (exact) mass is 464 g/mol. The molecule has 1 aliphatic heterocycles. The molecule has 1 aromatic rings. The van der Waals surface area contributed by atoms with Crippen LogP contribution in [-0.2, 0) is 43.8 Å². The molecule has 0 bridgehead atoms. The lowest BCUT2D eigenvalue weighted by Crippen LogP contribution is -2.29. The number of allylic oxidation sites excluding steroid dienone is 2. The first kappa shape index (κ1) is 24.7. The average Bonchev–Trinajstić information content (AvgIpc) is 3.07. The van der Waals surface area contributed by atoms with Crippen LogP contribution in [0.3, 0.4) is 0 Å². The fraction of sp³-hybridized carbons (Fsp3) is 0.500. The van der Waals surface area contributed by atoms with Gasteiger partial charge in [-0.25, -0.2) is 4.79 Å². The van der Waals surface area contributed by atoms with E-state index in [4.69, 9.17) is 4.74 Å². The fourth-order valence-electron chi connectivity index (χ4n) is 3.35. The fourth-order valence-corrected chi connectivity index (χ4v) is 3.85. The van der Waals surface area contributed by atoms with Crippen LogP contribution < -0.4 is 4.18 Å². The predicted octanol–water partition coefficient (Wildman–Crippen LogP) is 3.90. The van der Waals surface area contributed by atoms with E-state index in [0.717, 1.165) is 5.57 Å². The van der Waals surface area contributed by atoms with Crippen molar-refractivity contribution in [1.29, 1.82) is 0 Å². The first-order valence-corrected chi connectivity index (χ1v) is 10.8. The molecule has 0 fully saturated rings. The van der Waals surface area contributed by atoms with E-state index in [1.165, 1.54) is 7.11 Å². The van der Waals surface area contributed by atoms with Crippen LogP contribution in [0.2, 0.25) is 0 Å². The van der Waals surface area contributed by atoms with E-state index in [1.54, 1.807) is 26.8 Å². The third-order valence-corrected chi connectivity index (χ3v) is 6.01. The molecule has 172 valence electrons. The largest absolute Gasteiger partial charge is 0.534 e. The molecule has 1 heterocycles. The average molecular weight is 464 g/mol. The Hall–Kier alpha value is -2.56. The Bertz CT molecular complexity index is 1020. The predicted molar refractivity (Wildman–Crippen MR) is 104 cm³/mol. The van der Waals surface area contributed by atoms with Crippen molar-refractivity contribution in [3.63, 3.8) is 0 Å². The molecular formula is C20H23F3O7S. The van der Waals surface area contributed by atoms with Crippen molar-refractivity contribution in [3.8, 4) is 5.75 Å². The molecule has 0 unspecified atom stereocenters. The van der Waals surface area contributed by atoms with E-state index in [-0.39, 0.29) is 30.6 Å². The summed E-state index contributed by atoms with van der Waals surface area (Å²) in [6.45, 7) is 4.99. The highest BCUT2D eigenvalue weighted by Crippen LogP contribution is 2.41. The highest BCUT2D eigenvalue weighted by atomic mass is 32.2. The van der Waals surface area contributed by atoms with Gasteiger partial charge >= 0.3 is 27.6 Å². The number of benzene rings is 1. The third-order valence-electron chi connectivity index (χ3n) is 5.06. The second kappa shape index (κ2) is 9.29. The van der Waals surface area contributed by atoms with Gasteiger partial charge in [0.25, 0.3) is 0 Å². The molecule has 1 aromatic carbocycles. The van der Waals surface area contributed by atoms with Crippen LogP contribution in [0.1, 0.15) is 59.3 Å². The van der Waals surface area contributed by atoms with Gasteiger partial charge in [0.2, 0.25) is 0 Å². The van der Waals surface area contributed by atoms with E-state index in [2.05, 4.69) is 8.92 Å². The van der Waals surface area contributed by atoms with Gasteiger partial charge in [-0.2, -0.15) is 21.6 Å². The molecule has 0 saturated heterocycles. The highest BCUT2D eigenvalue weighted by Gasteiger charge is 2.50. The summed E-state index contributed by atoms with van der Waals surface area (Å²) in [7, 11) is -4.75. The van der Waals surface area contributed by atoms with Gasteiger partial charge in [-0.1, -0.05) is 18.6 Å². The molecule has 0 aliphatic carbocycles. The molecule has 0 amide bonds. The highest BCUT2D eigenvalue weighted by molar-refractivity contribution is 7.88. The molecule has 0 saturated carbocycles. The molecule has 31 heavy (non-hydrogen) atoms. The third kappa shape index (κ3) is 5.20. The Morgan fingerprint density at radius 2 is 1.87 bits per heavy atom. The van der Waals surface area contributed by atoms with Crippen LogP contribution in [0, 0.1) is 6.92 Å². The Morgan fingerprint density at radius 1 is 1.23 bits per heavy atom. The molecule has 1 aliphatic rings. The number of methoxy groups -OCH3 is 1. The summed E-state index contributed by atoms with van der Waals surface area (Å²) in [5.74, 6) is -2.02. The second-order valence-electron chi connectivity index (χ2n) is 7.01. The molecule has 0 N–H and O–H groups in total. The number of hydrogen-bond acceptors (Lipinski definition) is 7. The van der Waals surface area contributed by atoms with Crippen molar-refractivity contribution in [1.82, 2.24) is 0 Å². The van der Waals surface area contributed by atoms with E-state index in [1.807, 2.05) is 0 Å². The van der Waals surface area contributed by atoms with Crippen LogP contribution in [0.4, 0.5) is 13.2 Å². The summed E-state index contributed by atoms with van der Waals surface area (Å²) in [4.78, 5) is 23.5. The summed E-state index contributed by atoms with van der Waals surface area (Å²) in [6, 6.07) is 0. The van der Waals surface area contributed by atoms with Crippen molar-refractivity contribution in [2.45, 2.75) is 58.6 Å². The number of cyclic esters (lactones) is 1. The first-order chi connectivity index (χ1) is 14.3. The van der Waals surface area contributed by atoms with Gasteiger partial charge in [-0.15, -0.1) is 0 Å². The Labute approximate surface area is 178 Å². The van der Waals surface area contributed by atoms with E-state index in [0.29, 0.717) is 29.5 Å². The van der Waals surface area contributed by atoms with Gasteiger partial charge in [0, 0.05) is 17.5 Å². The van der Waals surface area contributed by atoms with Crippen LogP contribution in [0.5, 0.6) is 5.75 Å². The standard InChI is InChI=1S/C20H23F3O7S/c1-5-13-12(3)15-10-29-19(25)17(15)18(30-31(26,27)20(21,22)23)14(13)8-6-11(2)7-9-16(24)28-4/h6H,5,7-10H2,1-4H3. The topological polar surface area (TPSA) is 96.0 Å². The minimum atomic E-state index is -6.01. The van der Waals surface area contributed by atoms with Crippen molar-refractivity contribution in [3.05, 3.63) is 39.5 Å². The second-order valence-corrected chi connectivity index (χ2v) is 8.55. The maximum atomic E-state index is 13.0. The van der Waals surface area contributed by atoms with Gasteiger partial charge in [0.05, 0.1) is 7.11 Å². The number of carbonyl (C=O) groups is 2. The first-order valence-electron chi connectivity index (χ1n) is 9.41. The number of alkyl halides is 3. The van der Waals surface area contributed by atoms with Gasteiger partial charge in [-0.3, -0.25) is 4.79 Å². The molecule has 2 rings (SSSR count). The maximum Gasteiger partial charge on any atom is 0.534 e. The van der Waals surface area contributed by atoms with Crippen LogP contribution in [0.15, 0.2) is 11.6 Å². The van der Waals surface area contributed by atoms with Crippen molar-refractivity contribution < 1.29 is 44.8 Å². The van der Waals surface area contributed by atoms with Gasteiger partial charge in [0.15, 0.2) is 5.75 Å². The maximum absolute atomic E-state index is 13.0. The smallest absolute Gasteiger partial charge is 0.469 e. The lowest BCUT2D eigenvalue weighted by Gasteiger charge is -2.20. The molecule has 7 nitrogen and oxygen atoms in total. The zero-order valence-electron chi connectivity index (χ0n) is 17.5. The zero-order chi connectivity index (χ0) is 23.6. The SMILES string of the molecule is CCc1c(C)c2c(c(OS(=O)(=O)C(F)(F)F)c1CC=C(C)CCC(=O)OC)C(=O)OC2. The molecule has 0 spiro atoms. The molecule has 0 aromatic heterocycles. The van der Waals surface area contributed by atoms with Gasteiger partial charge in [-0.05, 0) is 44.2 Å². The van der Waals surface area contributed by atoms with Gasteiger partial charge in [0.1, 0.15) is 12.2 Å². The Morgan fingerprint density at radius 3 is 2.42 bits per heavy atom. The van der Waals surface area contributed by atoms with Crippen molar-refractivity contribution in [2.24, 2.45) is 0 Å². The number of ether oxygens (including phenoxy) is 2. The Balaban J connectivity index is 2.60. The minimum absolute atomic E-state index is 0.000287. The minimum Gasteiger partial charge on any atom is -0.469 e. The summed E-state index contributed by atoms with van der Waals surface area (Å²) < 4.78 is 76.5. The molecule has 11 heteroatoms. The number of hydrogen-bond donors (Lipinski definition) is 0. The van der Waals surface area contributed by atoms with Crippen LogP contribution in [-0.4, -0.2) is 33.0 Å². The summed E-state index contributed by atoms with van der Waals surface area (Å²) in [5, 5.41) is 0. The lowest BCUT2D eigenvalue weighted by molar-refractivity contribution is -0.140. The molecular weight excluding hydrogens is 441 g/mol. The summed E-state index contributed by atoms with van der Waals surface area (Å²) in [5.41, 5.74) is -3.57. The number of carbonyl (C=O) groups excluding carboxylic acids is 2. The summed E-state index contributed by atoms with van der Waals surface area (Å²) in [6.07, 6.45) is 2.47. The van der Waals surface area contributed by atoms with Crippen molar-refractivity contribution >= 4 is 22.1 Å². The number of rotatable bonds is 8. The van der Waals surface area contributed by atoms with Crippen LogP contribution >= 0.6 is 0 Å². The van der Waals surface area contributed by atoms with E-state index < -0.39 is 33.3 Å². The molecule has 0 atom stereocenters. The molecule has 0 radical (unpaired) electrons.